The normalized spacial score (nSPS) is 31.5. The van der Waals surface area contributed by atoms with E-state index in [1.165, 1.54) is 19.2 Å². The number of methoxy groups -OCH3 is 1. The second kappa shape index (κ2) is 5.88. The minimum Gasteiger partial charge on any atom is -0.453 e. The maximum Gasteiger partial charge on any atom is 0.410 e. The number of carbonyl (C=O) groups is 1. The number of benzene rings is 1. The summed E-state index contributed by atoms with van der Waals surface area (Å²) in [5.41, 5.74) is 0.124. The van der Waals surface area contributed by atoms with Crippen molar-refractivity contribution in [3.8, 4) is 0 Å². The molecule has 1 aliphatic heterocycles. The first-order valence-corrected chi connectivity index (χ1v) is 7.87. The first-order chi connectivity index (χ1) is 10.5. The quantitative estimate of drug-likeness (QED) is 0.866. The van der Waals surface area contributed by atoms with Crippen LogP contribution in [0.2, 0.25) is 0 Å². The predicted octanol–water partition coefficient (Wildman–Crippen LogP) is 3.26. The van der Waals surface area contributed by atoms with Crippen molar-refractivity contribution in [1.29, 1.82) is 0 Å². The van der Waals surface area contributed by atoms with Crippen LogP contribution in [0.4, 0.5) is 9.18 Å². The highest BCUT2D eigenvalue weighted by Crippen LogP contribution is 2.49. The topological polar surface area (TPSA) is 49.8 Å². The molecule has 22 heavy (non-hydrogen) atoms. The summed E-state index contributed by atoms with van der Waals surface area (Å²) in [5, 5.41) is 11.0. The Kier molecular flexibility index (Phi) is 4.08. The van der Waals surface area contributed by atoms with E-state index >= 15 is 0 Å². The van der Waals surface area contributed by atoms with E-state index in [4.69, 9.17) is 4.74 Å². The second-order valence-electron chi connectivity index (χ2n) is 6.37. The van der Waals surface area contributed by atoms with Crippen molar-refractivity contribution in [3.05, 3.63) is 35.6 Å². The summed E-state index contributed by atoms with van der Waals surface area (Å²) in [7, 11) is 1.37. The van der Waals surface area contributed by atoms with E-state index in [0.717, 1.165) is 31.2 Å². The number of hydrogen-bond donors (Lipinski definition) is 1. The van der Waals surface area contributed by atoms with Gasteiger partial charge in [-0.3, -0.25) is 0 Å². The molecule has 1 amide bonds. The van der Waals surface area contributed by atoms with Gasteiger partial charge in [-0.05, 0) is 37.0 Å². The van der Waals surface area contributed by atoms with Gasteiger partial charge in [0, 0.05) is 12.5 Å². The molecule has 2 unspecified atom stereocenters. The first-order valence-electron chi connectivity index (χ1n) is 7.87. The number of ether oxygens (including phenoxy) is 1. The van der Waals surface area contributed by atoms with Gasteiger partial charge in [-0.2, -0.15) is 0 Å². The molecule has 1 heterocycles. The lowest BCUT2D eigenvalue weighted by Gasteiger charge is -2.52. The van der Waals surface area contributed by atoms with Crippen LogP contribution in [0.1, 0.15) is 43.7 Å². The van der Waals surface area contributed by atoms with Crippen molar-refractivity contribution < 1.29 is 19.0 Å². The molecule has 120 valence electrons. The lowest BCUT2D eigenvalue weighted by atomic mass is 9.66. The van der Waals surface area contributed by atoms with Crippen LogP contribution in [0.5, 0.6) is 0 Å². The van der Waals surface area contributed by atoms with Gasteiger partial charge >= 0.3 is 6.09 Å². The van der Waals surface area contributed by atoms with Gasteiger partial charge in [-0.25, -0.2) is 9.18 Å². The SMILES string of the molecule is COC(=O)N1CC[C@]2(O)CCCCC2C1c1ccc(F)cc1. The predicted molar refractivity (Wildman–Crippen MR) is 79.8 cm³/mol. The standard InChI is InChI=1S/C17H22FNO3/c1-22-16(20)19-11-10-17(21)9-3-2-4-14(17)15(19)12-5-7-13(18)8-6-12/h5-8,14-15,21H,2-4,9-11H2,1H3/t14?,15?,17-/m1/s1. The number of fused-ring (bicyclic) bond motifs is 1. The number of hydrogen-bond acceptors (Lipinski definition) is 3. The Bertz CT molecular complexity index is 547. The highest BCUT2D eigenvalue weighted by Gasteiger charge is 2.50. The minimum atomic E-state index is -0.734. The monoisotopic (exact) mass is 307 g/mol. The minimum absolute atomic E-state index is 0.0282. The Hall–Kier alpha value is -1.62. The highest BCUT2D eigenvalue weighted by atomic mass is 19.1. The van der Waals surface area contributed by atoms with Gasteiger partial charge in [-0.15, -0.1) is 0 Å². The molecule has 1 saturated carbocycles. The van der Waals surface area contributed by atoms with Crippen LogP contribution in [0.25, 0.3) is 0 Å². The Labute approximate surface area is 129 Å². The van der Waals surface area contributed by atoms with Gasteiger partial charge in [0.2, 0.25) is 0 Å². The summed E-state index contributed by atoms with van der Waals surface area (Å²) in [6.07, 6.45) is 3.88. The number of halogens is 1. The smallest absolute Gasteiger partial charge is 0.410 e. The molecule has 5 heteroatoms. The second-order valence-corrected chi connectivity index (χ2v) is 6.37. The van der Waals surface area contributed by atoms with E-state index in [9.17, 15) is 14.3 Å². The maximum absolute atomic E-state index is 13.2. The van der Waals surface area contributed by atoms with Crippen LogP contribution in [0.3, 0.4) is 0 Å². The Morgan fingerprint density at radius 2 is 2.05 bits per heavy atom. The highest BCUT2D eigenvalue weighted by molar-refractivity contribution is 5.68. The molecule has 0 spiro atoms. The first kappa shape index (κ1) is 15.3. The number of aliphatic hydroxyl groups is 1. The third-order valence-corrected chi connectivity index (χ3v) is 5.19. The fraction of sp³-hybridized carbons (Fsp3) is 0.588. The van der Waals surface area contributed by atoms with E-state index in [2.05, 4.69) is 0 Å². The van der Waals surface area contributed by atoms with Crippen LogP contribution in [0.15, 0.2) is 24.3 Å². The fourth-order valence-corrected chi connectivity index (χ4v) is 4.08. The number of carbonyl (C=O) groups excluding carboxylic acids is 1. The average molecular weight is 307 g/mol. The van der Waals surface area contributed by atoms with E-state index in [-0.39, 0.29) is 23.9 Å². The van der Waals surface area contributed by atoms with Crippen LogP contribution in [-0.2, 0) is 4.74 Å². The van der Waals surface area contributed by atoms with E-state index in [1.54, 1.807) is 17.0 Å². The molecule has 1 N–H and O–H groups in total. The molecule has 0 bridgehead atoms. The number of likely N-dealkylation sites (tertiary alicyclic amines) is 1. The van der Waals surface area contributed by atoms with Gasteiger partial charge in [0.1, 0.15) is 5.82 Å². The number of nitrogens with zero attached hydrogens (tertiary/aromatic N) is 1. The maximum atomic E-state index is 13.2. The zero-order valence-corrected chi connectivity index (χ0v) is 12.8. The average Bonchev–Trinajstić information content (AvgIpc) is 2.53. The molecule has 1 aromatic carbocycles. The van der Waals surface area contributed by atoms with Crippen molar-refractivity contribution in [2.45, 2.75) is 43.7 Å². The summed E-state index contributed by atoms with van der Waals surface area (Å²) in [4.78, 5) is 13.8. The Morgan fingerprint density at radius 1 is 1.32 bits per heavy atom. The zero-order chi connectivity index (χ0) is 15.7. The fourth-order valence-electron chi connectivity index (χ4n) is 4.08. The Morgan fingerprint density at radius 3 is 2.73 bits per heavy atom. The van der Waals surface area contributed by atoms with Crippen LogP contribution >= 0.6 is 0 Å². The Balaban J connectivity index is 2.00. The summed E-state index contributed by atoms with van der Waals surface area (Å²) in [6, 6.07) is 5.96. The van der Waals surface area contributed by atoms with Crippen LogP contribution < -0.4 is 0 Å². The van der Waals surface area contributed by atoms with E-state index in [1.807, 2.05) is 0 Å². The van der Waals surface area contributed by atoms with E-state index in [0.29, 0.717) is 13.0 Å². The molecular formula is C17H22FNO3. The van der Waals surface area contributed by atoms with Gasteiger partial charge in [-0.1, -0.05) is 25.0 Å². The van der Waals surface area contributed by atoms with Gasteiger partial charge in [0.15, 0.2) is 0 Å². The van der Waals surface area contributed by atoms with Crippen molar-refractivity contribution in [3.63, 3.8) is 0 Å². The zero-order valence-electron chi connectivity index (χ0n) is 12.8. The van der Waals surface area contributed by atoms with Gasteiger partial charge in [0.05, 0.1) is 18.8 Å². The van der Waals surface area contributed by atoms with E-state index < -0.39 is 5.60 Å². The largest absolute Gasteiger partial charge is 0.453 e. The van der Waals surface area contributed by atoms with Crippen molar-refractivity contribution in [2.75, 3.05) is 13.7 Å². The summed E-state index contributed by atoms with van der Waals surface area (Å²) < 4.78 is 18.1. The molecule has 1 saturated heterocycles. The molecule has 2 fully saturated rings. The molecule has 3 rings (SSSR count). The van der Waals surface area contributed by atoms with Crippen molar-refractivity contribution in [2.24, 2.45) is 5.92 Å². The van der Waals surface area contributed by atoms with Crippen LogP contribution in [0, 0.1) is 11.7 Å². The third kappa shape index (κ3) is 2.58. The van der Waals surface area contributed by atoms with Gasteiger partial charge in [0.25, 0.3) is 0 Å². The molecule has 1 aromatic rings. The molecule has 3 atom stereocenters. The molecule has 1 aliphatic carbocycles. The number of piperidine rings is 1. The lowest BCUT2D eigenvalue weighted by Crippen LogP contribution is -2.56. The molecular weight excluding hydrogens is 285 g/mol. The summed E-state index contributed by atoms with van der Waals surface area (Å²) in [6.45, 7) is 0.460. The summed E-state index contributed by atoms with van der Waals surface area (Å²) >= 11 is 0. The van der Waals surface area contributed by atoms with Gasteiger partial charge < -0.3 is 14.7 Å². The van der Waals surface area contributed by atoms with Crippen molar-refractivity contribution >= 4 is 6.09 Å². The molecule has 2 aliphatic rings. The van der Waals surface area contributed by atoms with Crippen LogP contribution in [-0.4, -0.2) is 35.4 Å². The third-order valence-electron chi connectivity index (χ3n) is 5.19. The molecule has 0 radical (unpaired) electrons. The molecule has 0 aromatic heterocycles. The van der Waals surface area contributed by atoms with Crippen molar-refractivity contribution in [1.82, 2.24) is 4.90 Å². The molecule has 4 nitrogen and oxygen atoms in total. The number of amides is 1. The number of rotatable bonds is 1. The summed E-state index contributed by atoms with van der Waals surface area (Å²) in [5.74, 6) is -0.331. The lowest BCUT2D eigenvalue weighted by molar-refractivity contribution is -0.117.